The fraction of sp³-hybridized carbons (Fsp3) is 0.312. The van der Waals surface area contributed by atoms with Crippen LogP contribution < -0.4 is 4.74 Å². The largest absolute Gasteiger partial charge is 0.457 e. The van der Waals surface area contributed by atoms with Gasteiger partial charge in [-0.25, -0.2) is 4.98 Å². The van der Waals surface area contributed by atoms with Crippen LogP contribution in [0.25, 0.3) is 0 Å². The maximum Gasteiger partial charge on any atom is 0.134 e. The zero-order chi connectivity index (χ0) is 13.2. The van der Waals surface area contributed by atoms with Gasteiger partial charge in [0.25, 0.3) is 0 Å². The third-order valence-electron chi connectivity index (χ3n) is 3.57. The summed E-state index contributed by atoms with van der Waals surface area (Å²) in [6.07, 6.45) is 6.65. The van der Waals surface area contributed by atoms with Crippen molar-refractivity contribution in [2.75, 3.05) is 0 Å². The molecule has 0 radical (unpaired) electrons. The lowest BCUT2D eigenvalue weighted by molar-refractivity contribution is 0.476. The SMILES string of the molecule is Cc1cnc(Cl)cc1Oc1ccc2c(c1)CCCC2. The fourth-order valence-electron chi connectivity index (χ4n) is 2.49. The summed E-state index contributed by atoms with van der Waals surface area (Å²) in [5.74, 6) is 1.65. The summed E-state index contributed by atoms with van der Waals surface area (Å²) in [5, 5.41) is 0.457. The van der Waals surface area contributed by atoms with Crippen LogP contribution in [0.5, 0.6) is 11.5 Å². The minimum atomic E-state index is 0.457. The number of rotatable bonds is 2. The Hall–Kier alpha value is -1.54. The number of benzene rings is 1. The molecule has 0 saturated heterocycles. The third-order valence-corrected chi connectivity index (χ3v) is 3.77. The van der Waals surface area contributed by atoms with E-state index in [1.807, 2.05) is 13.0 Å². The second kappa shape index (κ2) is 5.22. The predicted octanol–water partition coefficient (Wildman–Crippen LogP) is 4.71. The van der Waals surface area contributed by atoms with Crippen LogP contribution in [0.1, 0.15) is 29.5 Å². The molecule has 0 fully saturated rings. The number of nitrogens with zero attached hydrogens (tertiary/aromatic N) is 1. The molecule has 1 aromatic heterocycles. The van der Waals surface area contributed by atoms with E-state index in [-0.39, 0.29) is 0 Å². The summed E-state index contributed by atoms with van der Waals surface area (Å²) in [6.45, 7) is 1.97. The number of halogens is 1. The van der Waals surface area contributed by atoms with Crippen molar-refractivity contribution in [1.82, 2.24) is 4.98 Å². The van der Waals surface area contributed by atoms with Gasteiger partial charge < -0.3 is 4.74 Å². The van der Waals surface area contributed by atoms with Gasteiger partial charge in [-0.15, -0.1) is 0 Å². The van der Waals surface area contributed by atoms with E-state index >= 15 is 0 Å². The molecule has 0 aliphatic heterocycles. The van der Waals surface area contributed by atoms with Crippen LogP contribution in [-0.2, 0) is 12.8 Å². The summed E-state index contributed by atoms with van der Waals surface area (Å²) < 4.78 is 5.93. The van der Waals surface area contributed by atoms with Crippen molar-refractivity contribution in [2.24, 2.45) is 0 Å². The van der Waals surface area contributed by atoms with Gasteiger partial charge in [0, 0.05) is 17.8 Å². The molecule has 0 N–H and O–H groups in total. The van der Waals surface area contributed by atoms with Crippen LogP contribution in [0, 0.1) is 6.92 Å². The molecule has 0 atom stereocenters. The summed E-state index contributed by atoms with van der Waals surface area (Å²) in [5.41, 5.74) is 3.87. The maximum absolute atomic E-state index is 5.93. The first-order valence-electron chi connectivity index (χ1n) is 6.64. The van der Waals surface area contributed by atoms with E-state index in [0.717, 1.165) is 23.5 Å². The van der Waals surface area contributed by atoms with Crippen molar-refractivity contribution in [3.63, 3.8) is 0 Å². The molecular formula is C16H16ClNO. The molecule has 0 spiro atoms. The first-order valence-corrected chi connectivity index (χ1v) is 7.02. The van der Waals surface area contributed by atoms with Gasteiger partial charge in [-0.05, 0) is 55.9 Å². The van der Waals surface area contributed by atoms with Gasteiger partial charge >= 0.3 is 0 Å². The smallest absolute Gasteiger partial charge is 0.134 e. The standard InChI is InChI=1S/C16H16ClNO/c1-11-10-18-16(17)9-15(11)19-14-7-6-12-4-2-3-5-13(12)8-14/h6-10H,2-5H2,1H3. The quantitative estimate of drug-likeness (QED) is 0.739. The zero-order valence-corrected chi connectivity index (χ0v) is 11.7. The van der Waals surface area contributed by atoms with Crippen molar-refractivity contribution >= 4 is 11.6 Å². The summed E-state index contributed by atoms with van der Waals surface area (Å²) in [7, 11) is 0. The molecular weight excluding hydrogens is 258 g/mol. The number of ether oxygens (including phenoxy) is 1. The first kappa shape index (κ1) is 12.5. The Morgan fingerprint density at radius 1 is 1.11 bits per heavy atom. The minimum absolute atomic E-state index is 0.457. The van der Waals surface area contributed by atoms with Gasteiger partial charge in [0.05, 0.1) is 0 Å². The van der Waals surface area contributed by atoms with E-state index in [9.17, 15) is 0 Å². The van der Waals surface area contributed by atoms with Crippen LogP contribution in [-0.4, -0.2) is 4.98 Å². The summed E-state index contributed by atoms with van der Waals surface area (Å²) >= 11 is 5.91. The van der Waals surface area contributed by atoms with E-state index in [1.165, 1.54) is 30.4 Å². The highest BCUT2D eigenvalue weighted by atomic mass is 35.5. The highest BCUT2D eigenvalue weighted by molar-refractivity contribution is 6.29. The van der Waals surface area contributed by atoms with Crippen LogP contribution >= 0.6 is 11.6 Å². The van der Waals surface area contributed by atoms with Crippen LogP contribution in [0.4, 0.5) is 0 Å². The molecule has 19 heavy (non-hydrogen) atoms. The lowest BCUT2D eigenvalue weighted by atomic mass is 9.92. The molecule has 3 heteroatoms. The molecule has 0 amide bonds. The van der Waals surface area contributed by atoms with E-state index in [0.29, 0.717) is 5.15 Å². The number of fused-ring (bicyclic) bond motifs is 1. The van der Waals surface area contributed by atoms with E-state index in [2.05, 4.69) is 17.1 Å². The highest BCUT2D eigenvalue weighted by Crippen LogP contribution is 2.30. The molecule has 0 saturated carbocycles. The Balaban J connectivity index is 1.89. The second-order valence-electron chi connectivity index (χ2n) is 5.01. The Bertz CT molecular complexity index is 610. The Morgan fingerprint density at radius 2 is 1.89 bits per heavy atom. The van der Waals surface area contributed by atoms with E-state index in [1.54, 1.807) is 12.3 Å². The number of aromatic nitrogens is 1. The van der Waals surface area contributed by atoms with Crippen LogP contribution in [0.2, 0.25) is 5.15 Å². The fourth-order valence-corrected chi connectivity index (χ4v) is 2.64. The van der Waals surface area contributed by atoms with Crippen LogP contribution in [0.15, 0.2) is 30.5 Å². The van der Waals surface area contributed by atoms with Crippen LogP contribution in [0.3, 0.4) is 0 Å². The monoisotopic (exact) mass is 273 g/mol. The topological polar surface area (TPSA) is 22.1 Å². The lowest BCUT2D eigenvalue weighted by Crippen LogP contribution is -2.02. The average Bonchev–Trinajstić information content (AvgIpc) is 2.43. The number of hydrogen-bond acceptors (Lipinski definition) is 2. The zero-order valence-electron chi connectivity index (χ0n) is 10.9. The minimum Gasteiger partial charge on any atom is -0.457 e. The van der Waals surface area contributed by atoms with Gasteiger partial charge in [0.2, 0.25) is 0 Å². The van der Waals surface area contributed by atoms with Crippen molar-refractivity contribution in [3.05, 3.63) is 52.3 Å². The van der Waals surface area contributed by atoms with Crippen molar-refractivity contribution in [3.8, 4) is 11.5 Å². The van der Waals surface area contributed by atoms with Gasteiger partial charge in [-0.2, -0.15) is 0 Å². The molecule has 2 nitrogen and oxygen atoms in total. The van der Waals surface area contributed by atoms with Crippen molar-refractivity contribution in [2.45, 2.75) is 32.6 Å². The van der Waals surface area contributed by atoms with Gasteiger partial charge in [-0.3, -0.25) is 0 Å². The molecule has 2 aromatic rings. The lowest BCUT2D eigenvalue weighted by Gasteiger charge is -2.17. The molecule has 1 heterocycles. The van der Waals surface area contributed by atoms with Crippen molar-refractivity contribution < 1.29 is 4.74 Å². The predicted molar refractivity (Wildman–Crippen MR) is 77.1 cm³/mol. The number of hydrogen-bond donors (Lipinski definition) is 0. The van der Waals surface area contributed by atoms with Gasteiger partial charge in [-0.1, -0.05) is 17.7 Å². The first-order chi connectivity index (χ1) is 9.22. The molecule has 98 valence electrons. The Morgan fingerprint density at radius 3 is 2.74 bits per heavy atom. The molecule has 1 aliphatic carbocycles. The average molecular weight is 274 g/mol. The van der Waals surface area contributed by atoms with E-state index in [4.69, 9.17) is 16.3 Å². The molecule has 1 aliphatic rings. The molecule has 1 aromatic carbocycles. The highest BCUT2D eigenvalue weighted by Gasteiger charge is 2.11. The molecule has 0 unspecified atom stereocenters. The second-order valence-corrected chi connectivity index (χ2v) is 5.40. The molecule has 3 rings (SSSR count). The summed E-state index contributed by atoms with van der Waals surface area (Å²) in [6, 6.07) is 8.14. The Kier molecular flexibility index (Phi) is 3.43. The number of pyridine rings is 1. The van der Waals surface area contributed by atoms with E-state index < -0.39 is 0 Å². The maximum atomic E-state index is 5.93. The Labute approximate surface area is 118 Å². The summed E-state index contributed by atoms with van der Waals surface area (Å²) in [4.78, 5) is 4.04. The normalized spacial score (nSPS) is 14.0. The van der Waals surface area contributed by atoms with Crippen molar-refractivity contribution in [1.29, 1.82) is 0 Å². The number of aryl methyl sites for hydroxylation is 3. The van der Waals surface area contributed by atoms with Gasteiger partial charge in [0.15, 0.2) is 0 Å². The van der Waals surface area contributed by atoms with Gasteiger partial charge in [0.1, 0.15) is 16.7 Å². The molecule has 0 bridgehead atoms. The third kappa shape index (κ3) is 2.74.